The van der Waals surface area contributed by atoms with Crippen LogP contribution >= 0.6 is 0 Å². The normalized spacial score (nSPS) is 17.3. The number of hydrogen-bond acceptors (Lipinski definition) is 2. The van der Waals surface area contributed by atoms with E-state index in [4.69, 9.17) is 0 Å². The molecular weight excluding hydrogens is 184 g/mol. The van der Waals surface area contributed by atoms with Crippen molar-refractivity contribution in [3.8, 4) is 0 Å². The average molecular weight is 198 g/mol. The predicted molar refractivity (Wildman–Crippen MR) is 60.7 cm³/mol. The molecule has 2 aromatic rings. The Morgan fingerprint density at radius 3 is 2.73 bits per heavy atom. The quantitative estimate of drug-likeness (QED) is 0.702. The van der Waals surface area contributed by atoms with Crippen molar-refractivity contribution in [1.29, 1.82) is 0 Å². The third-order valence-electron chi connectivity index (χ3n) is 3.34. The summed E-state index contributed by atoms with van der Waals surface area (Å²) in [5, 5.41) is 11.0. The maximum Gasteiger partial charge on any atom is 0.0740 e. The van der Waals surface area contributed by atoms with Crippen molar-refractivity contribution >= 4 is 10.8 Å². The Bertz CT molecular complexity index is 467. The van der Waals surface area contributed by atoms with Gasteiger partial charge in [0.15, 0.2) is 0 Å². The number of nitrogens with zero attached hydrogens (tertiary/aromatic N) is 2. The van der Waals surface area contributed by atoms with Gasteiger partial charge < -0.3 is 0 Å². The van der Waals surface area contributed by atoms with Crippen molar-refractivity contribution in [3.63, 3.8) is 0 Å². The van der Waals surface area contributed by atoms with Crippen LogP contribution < -0.4 is 0 Å². The lowest BCUT2D eigenvalue weighted by atomic mass is 9.99. The topological polar surface area (TPSA) is 25.8 Å². The molecule has 0 spiro atoms. The minimum absolute atomic E-state index is 0.642. The minimum atomic E-state index is 0.642. The van der Waals surface area contributed by atoms with Crippen LogP contribution in [-0.2, 0) is 0 Å². The highest BCUT2D eigenvalue weighted by atomic mass is 15.1. The summed E-state index contributed by atoms with van der Waals surface area (Å²) in [6, 6.07) is 8.42. The second kappa shape index (κ2) is 3.61. The molecule has 1 aliphatic carbocycles. The van der Waals surface area contributed by atoms with E-state index in [9.17, 15) is 0 Å². The molecule has 0 aliphatic heterocycles. The smallest absolute Gasteiger partial charge is 0.0740 e. The Kier molecular flexibility index (Phi) is 2.13. The second-order valence-electron chi connectivity index (χ2n) is 4.30. The number of rotatable bonds is 1. The third kappa shape index (κ3) is 1.50. The van der Waals surface area contributed by atoms with Gasteiger partial charge in [0.05, 0.1) is 11.9 Å². The zero-order valence-electron chi connectivity index (χ0n) is 8.69. The van der Waals surface area contributed by atoms with Crippen LogP contribution in [0.1, 0.15) is 37.3 Å². The molecule has 1 saturated carbocycles. The molecule has 1 aromatic heterocycles. The summed E-state index contributed by atoms with van der Waals surface area (Å²) in [5.41, 5.74) is 1.21. The molecule has 0 atom stereocenters. The van der Waals surface area contributed by atoms with Crippen molar-refractivity contribution in [3.05, 3.63) is 36.2 Å². The first-order valence-corrected chi connectivity index (χ1v) is 5.65. The number of hydrogen-bond donors (Lipinski definition) is 0. The third-order valence-corrected chi connectivity index (χ3v) is 3.34. The Labute approximate surface area is 89.3 Å². The van der Waals surface area contributed by atoms with E-state index in [1.165, 1.54) is 42.1 Å². The van der Waals surface area contributed by atoms with E-state index in [0.29, 0.717) is 5.92 Å². The fourth-order valence-electron chi connectivity index (χ4n) is 2.55. The molecule has 1 heterocycles. The van der Waals surface area contributed by atoms with Crippen molar-refractivity contribution in [1.82, 2.24) is 10.2 Å². The lowest BCUT2D eigenvalue weighted by Crippen LogP contribution is -1.99. The molecule has 15 heavy (non-hydrogen) atoms. The zero-order valence-corrected chi connectivity index (χ0v) is 8.69. The highest BCUT2D eigenvalue weighted by Crippen LogP contribution is 2.35. The largest absolute Gasteiger partial charge is 0.158 e. The van der Waals surface area contributed by atoms with Crippen LogP contribution in [0.15, 0.2) is 30.5 Å². The maximum atomic E-state index is 4.34. The molecule has 0 unspecified atom stereocenters. The lowest BCUT2D eigenvalue weighted by molar-refractivity contribution is 0.689. The molecule has 2 nitrogen and oxygen atoms in total. The van der Waals surface area contributed by atoms with Crippen LogP contribution in [0.4, 0.5) is 0 Å². The molecule has 1 aliphatic rings. The van der Waals surface area contributed by atoms with E-state index < -0.39 is 0 Å². The van der Waals surface area contributed by atoms with E-state index in [0.717, 1.165) is 0 Å². The average Bonchev–Trinajstić information content (AvgIpc) is 2.82. The van der Waals surface area contributed by atoms with Crippen LogP contribution in [0.5, 0.6) is 0 Å². The molecule has 2 heteroatoms. The molecule has 3 rings (SSSR count). The SMILES string of the molecule is c1ccc2c(C3CCCC3)nncc2c1. The van der Waals surface area contributed by atoms with Gasteiger partial charge in [-0.2, -0.15) is 10.2 Å². The Morgan fingerprint density at radius 2 is 1.87 bits per heavy atom. The molecule has 0 N–H and O–H groups in total. The summed E-state index contributed by atoms with van der Waals surface area (Å²) < 4.78 is 0. The van der Waals surface area contributed by atoms with Gasteiger partial charge in [0.2, 0.25) is 0 Å². The van der Waals surface area contributed by atoms with E-state index in [1.807, 2.05) is 6.20 Å². The van der Waals surface area contributed by atoms with Gasteiger partial charge in [-0.05, 0) is 12.8 Å². The molecule has 76 valence electrons. The van der Waals surface area contributed by atoms with Gasteiger partial charge in [-0.25, -0.2) is 0 Å². The molecule has 0 bridgehead atoms. The Morgan fingerprint density at radius 1 is 1.07 bits per heavy atom. The Balaban J connectivity index is 2.16. The van der Waals surface area contributed by atoms with Crippen molar-refractivity contribution in [2.45, 2.75) is 31.6 Å². The van der Waals surface area contributed by atoms with Crippen LogP contribution in [-0.4, -0.2) is 10.2 Å². The minimum Gasteiger partial charge on any atom is -0.158 e. The Hall–Kier alpha value is -1.44. The van der Waals surface area contributed by atoms with Crippen LogP contribution in [0.25, 0.3) is 10.8 Å². The summed E-state index contributed by atoms with van der Waals surface area (Å²) in [6.45, 7) is 0. The van der Waals surface area contributed by atoms with Crippen LogP contribution in [0, 0.1) is 0 Å². The van der Waals surface area contributed by atoms with E-state index in [-0.39, 0.29) is 0 Å². The fraction of sp³-hybridized carbons (Fsp3) is 0.385. The van der Waals surface area contributed by atoms with Gasteiger partial charge in [0, 0.05) is 16.7 Å². The van der Waals surface area contributed by atoms with Gasteiger partial charge in [-0.3, -0.25) is 0 Å². The summed E-state index contributed by atoms with van der Waals surface area (Å²) >= 11 is 0. The second-order valence-corrected chi connectivity index (χ2v) is 4.30. The first-order chi connectivity index (χ1) is 7.45. The standard InChI is InChI=1S/C13H14N2/c1-2-6-10(5-1)13-12-8-4-3-7-11(12)9-14-15-13/h3-4,7-10H,1-2,5-6H2. The van der Waals surface area contributed by atoms with Crippen LogP contribution in [0.3, 0.4) is 0 Å². The van der Waals surface area contributed by atoms with Gasteiger partial charge in [0.1, 0.15) is 0 Å². The zero-order chi connectivity index (χ0) is 10.1. The molecule has 0 amide bonds. The van der Waals surface area contributed by atoms with Crippen molar-refractivity contribution in [2.75, 3.05) is 0 Å². The highest BCUT2D eigenvalue weighted by molar-refractivity contribution is 5.83. The molecule has 0 radical (unpaired) electrons. The van der Waals surface area contributed by atoms with Crippen molar-refractivity contribution < 1.29 is 0 Å². The van der Waals surface area contributed by atoms with E-state index in [2.05, 4.69) is 34.5 Å². The summed E-state index contributed by atoms with van der Waals surface area (Å²) in [7, 11) is 0. The molecule has 1 fully saturated rings. The van der Waals surface area contributed by atoms with Crippen LogP contribution in [0.2, 0.25) is 0 Å². The monoisotopic (exact) mass is 198 g/mol. The van der Waals surface area contributed by atoms with Gasteiger partial charge in [0.25, 0.3) is 0 Å². The number of aromatic nitrogens is 2. The summed E-state index contributed by atoms with van der Waals surface area (Å²) in [5.74, 6) is 0.642. The van der Waals surface area contributed by atoms with E-state index >= 15 is 0 Å². The lowest BCUT2D eigenvalue weighted by Gasteiger charge is -2.10. The molecule has 1 aromatic carbocycles. The predicted octanol–water partition coefficient (Wildman–Crippen LogP) is 3.29. The number of fused-ring (bicyclic) bond motifs is 1. The summed E-state index contributed by atoms with van der Waals surface area (Å²) in [6.07, 6.45) is 7.10. The molecule has 0 saturated heterocycles. The fourth-order valence-corrected chi connectivity index (χ4v) is 2.55. The van der Waals surface area contributed by atoms with Gasteiger partial charge in [-0.15, -0.1) is 0 Å². The first-order valence-electron chi connectivity index (χ1n) is 5.65. The molecular formula is C13H14N2. The van der Waals surface area contributed by atoms with Gasteiger partial charge in [-0.1, -0.05) is 37.1 Å². The first kappa shape index (κ1) is 8.84. The highest BCUT2D eigenvalue weighted by Gasteiger charge is 2.20. The number of benzene rings is 1. The summed E-state index contributed by atoms with van der Waals surface area (Å²) in [4.78, 5) is 0. The maximum absolute atomic E-state index is 4.34. The van der Waals surface area contributed by atoms with Crippen molar-refractivity contribution in [2.24, 2.45) is 0 Å². The van der Waals surface area contributed by atoms with Gasteiger partial charge >= 0.3 is 0 Å². The van der Waals surface area contributed by atoms with E-state index in [1.54, 1.807) is 0 Å².